The summed E-state index contributed by atoms with van der Waals surface area (Å²) in [7, 11) is 2.27. The van der Waals surface area contributed by atoms with Crippen LogP contribution in [0.2, 0.25) is 0 Å². The lowest BCUT2D eigenvalue weighted by Gasteiger charge is -2.58. The van der Waals surface area contributed by atoms with Gasteiger partial charge in [0, 0.05) is 6.04 Å². The molecule has 1 aliphatic rings. The SMILES string of the molecule is CCCC(C)C1CC(N(C)CC)C1(C)C. The predicted molar refractivity (Wildman–Crippen MR) is 68.1 cm³/mol. The molecule has 0 amide bonds. The molecular formula is C14H29N. The van der Waals surface area contributed by atoms with Gasteiger partial charge in [-0.25, -0.2) is 0 Å². The molecule has 0 aromatic carbocycles. The summed E-state index contributed by atoms with van der Waals surface area (Å²) in [5.41, 5.74) is 0.527. The molecule has 0 radical (unpaired) electrons. The van der Waals surface area contributed by atoms with Crippen LogP contribution in [0.5, 0.6) is 0 Å². The summed E-state index contributed by atoms with van der Waals surface area (Å²) in [6.45, 7) is 13.1. The summed E-state index contributed by atoms with van der Waals surface area (Å²) < 4.78 is 0. The van der Waals surface area contributed by atoms with E-state index in [0.29, 0.717) is 5.41 Å². The van der Waals surface area contributed by atoms with Gasteiger partial charge in [0.2, 0.25) is 0 Å². The van der Waals surface area contributed by atoms with Crippen molar-refractivity contribution in [2.75, 3.05) is 13.6 Å². The minimum Gasteiger partial charge on any atom is -0.303 e. The van der Waals surface area contributed by atoms with Crippen LogP contribution in [0.4, 0.5) is 0 Å². The molecule has 3 unspecified atom stereocenters. The molecule has 0 aromatic heterocycles. The Bertz CT molecular complexity index is 198. The van der Waals surface area contributed by atoms with Gasteiger partial charge in [0.25, 0.3) is 0 Å². The van der Waals surface area contributed by atoms with E-state index >= 15 is 0 Å². The van der Waals surface area contributed by atoms with Crippen LogP contribution >= 0.6 is 0 Å². The second-order valence-electron chi connectivity index (χ2n) is 6.02. The van der Waals surface area contributed by atoms with Crippen molar-refractivity contribution in [3.05, 3.63) is 0 Å². The molecule has 0 spiro atoms. The fraction of sp³-hybridized carbons (Fsp3) is 1.00. The van der Waals surface area contributed by atoms with E-state index in [1.807, 2.05) is 0 Å². The van der Waals surface area contributed by atoms with Crippen LogP contribution in [0.15, 0.2) is 0 Å². The molecule has 0 aromatic rings. The zero-order valence-electron chi connectivity index (χ0n) is 11.5. The van der Waals surface area contributed by atoms with Crippen LogP contribution in [0.1, 0.15) is 53.9 Å². The Morgan fingerprint density at radius 1 is 1.33 bits per heavy atom. The molecule has 90 valence electrons. The van der Waals surface area contributed by atoms with Gasteiger partial charge in [-0.05, 0) is 37.3 Å². The summed E-state index contributed by atoms with van der Waals surface area (Å²) in [6, 6.07) is 0.812. The van der Waals surface area contributed by atoms with Crippen molar-refractivity contribution in [1.29, 1.82) is 0 Å². The number of rotatable bonds is 5. The van der Waals surface area contributed by atoms with Crippen LogP contribution in [0.25, 0.3) is 0 Å². The van der Waals surface area contributed by atoms with Gasteiger partial charge in [-0.1, -0.05) is 47.5 Å². The zero-order chi connectivity index (χ0) is 11.6. The number of nitrogens with zero attached hydrogens (tertiary/aromatic N) is 1. The molecule has 1 saturated carbocycles. The molecule has 0 saturated heterocycles. The van der Waals surface area contributed by atoms with Crippen molar-refractivity contribution in [2.24, 2.45) is 17.3 Å². The molecule has 0 aliphatic heterocycles. The quantitative estimate of drug-likeness (QED) is 0.669. The van der Waals surface area contributed by atoms with Crippen LogP contribution in [-0.4, -0.2) is 24.5 Å². The van der Waals surface area contributed by atoms with Gasteiger partial charge in [-0.2, -0.15) is 0 Å². The average Bonchev–Trinajstić information content (AvgIpc) is 2.16. The van der Waals surface area contributed by atoms with Crippen molar-refractivity contribution in [1.82, 2.24) is 4.90 Å². The Balaban J connectivity index is 2.54. The first-order valence-corrected chi connectivity index (χ1v) is 6.65. The van der Waals surface area contributed by atoms with Crippen molar-refractivity contribution in [3.63, 3.8) is 0 Å². The maximum absolute atomic E-state index is 2.52. The molecule has 1 nitrogen and oxygen atoms in total. The van der Waals surface area contributed by atoms with E-state index in [1.54, 1.807) is 0 Å². The van der Waals surface area contributed by atoms with Crippen molar-refractivity contribution in [3.8, 4) is 0 Å². The summed E-state index contributed by atoms with van der Waals surface area (Å²) in [4.78, 5) is 2.52. The standard InChI is InChI=1S/C14H29N/c1-7-9-11(3)12-10-13(14(12,4)5)15(6)8-2/h11-13H,7-10H2,1-6H3. The third-order valence-electron chi connectivity index (χ3n) is 4.75. The first-order chi connectivity index (χ1) is 6.95. The van der Waals surface area contributed by atoms with Crippen LogP contribution in [0.3, 0.4) is 0 Å². The maximum atomic E-state index is 2.52. The van der Waals surface area contributed by atoms with Crippen LogP contribution in [-0.2, 0) is 0 Å². The third-order valence-corrected chi connectivity index (χ3v) is 4.75. The molecular weight excluding hydrogens is 182 g/mol. The van der Waals surface area contributed by atoms with Crippen molar-refractivity contribution >= 4 is 0 Å². The van der Waals surface area contributed by atoms with Gasteiger partial charge in [0.1, 0.15) is 0 Å². The normalized spacial score (nSPS) is 31.4. The van der Waals surface area contributed by atoms with E-state index in [9.17, 15) is 0 Å². The maximum Gasteiger partial charge on any atom is 0.0149 e. The van der Waals surface area contributed by atoms with Gasteiger partial charge >= 0.3 is 0 Å². The highest BCUT2D eigenvalue weighted by Crippen LogP contribution is 2.52. The molecule has 1 rings (SSSR count). The fourth-order valence-corrected chi connectivity index (χ4v) is 3.53. The third kappa shape index (κ3) is 2.38. The van der Waals surface area contributed by atoms with Crippen molar-refractivity contribution < 1.29 is 0 Å². The second-order valence-corrected chi connectivity index (χ2v) is 6.02. The molecule has 1 aliphatic carbocycles. The Morgan fingerprint density at radius 2 is 1.93 bits per heavy atom. The lowest BCUT2D eigenvalue weighted by molar-refractivity contribution is -0.0774. The lowest BCUT2D eigenvalue weighted by atomic mass is 9.53. The van der Waals surface area contributed by atoms with Crippen LogP contribution in [0, 0.1) is 17.3 Å². The van der Waals surface area contributed by atoms with Gasteiger partial charge in [0.05, 0.1) is 0 Å². The lowest BCUT2D eigenvalue weighted by Crippen LogP contribution is -2.58. The topological polar surface area (TPSA) is 3.24 Å². The summed E-state index contributed by atoms with van der Waals surface area (Å²) in [6.07, 6.45) is 4.15. The number of hydrogen-bond donors (Lipinski definition) is 0. The monoisotopic (exact) mass is 211 g/mol. The summed E-state index contributed by atoms with van der Waals surface area (Å²) >= 11 is 0. The molecule has 1 heteroatoms. The molecule has 3 atom stereocenters. The minimum absolute atomic E-state index is 0.527. The molecule has 0 heterocycles. The van der Waals surface area contributed by atoms with Gasteiger partial charge in [0.15, 0.2) is 0 Å². The smallest absolute Gasteiger partial charge is 0.0149 e. The summed E-state index contributed by atoms with van der Waals surface area (Å²) in [5, 5.41) is 0. The largest absolute Gasteiger partial charge is 0.303 e. The second kappa shape index (κ2) is 4.86. The first kappa shape index (κ1) is 13.0. The van der Waals surface area contributed by atoms with Crippen LogP contribution < -0.4 is 0 Å². The minimum atomic E-state index is 0.527. The fourth-order valence-electron chi connectivity index (χ4n) is 3.53. The highest BCUT2D eigenvalue weighted by molar-refractivity contribution is 5.03. The highest BCUT2D eigenvalue weighted by Gasteiger charge is 2.50. The molecule has 0 N–H and O–H groups in total. The Morgan fingerprint density at radius 3 is 2.33 bits per heavy atom. The van der Waals surface area contributed by atoms with E-state index in [-0.39, 0.29) is 0 Å². The first-order valence-electron chi connectivity index (χ1n) is 6.65. The van der Waals surface area contributed by atoms with E-state index in [0.717, 1.165) is 17.9 Å². The highest BCUT2D eigenvalue weighted by atomic mass is 15.1. The average molecular weight is 211 g/mol. The van der Waals surface area contributed by atoms with E-state index < -0.39 is 0 Å². The van der Waals surface area contributed by atoms with Gasteiger partial charge in [-0.3, -0.25) is 0 Å². The van der Waals surface area contributed by atoms with Gasteiger partial charge in [-0.15, -0.1) is 0 Å². The summed E-state index contributed by atoms with van der Waals surface area (Å²) in [5.74, 6) is 1.85. The molecule has 15 heavy (non-hydrogen) atoms. The van der Waals surface area contributed by atoms with E-state index in [1.165, 1.54) is 25.8 Å². The molecule has 1 fully saturated rings. The van der Waals surface area contributed by atoms with E-state index in [4.69, 9.17) is 0 Å². The number of hydrogen-bond acceptors (Lipinski definition) is 1. The van der Waals surface area contributed by atoms with Gasteiger partial charge < -0.3 is 4.90 Å². The Hall–Kier alpha value is -0.0400. The van der Waals surface area contributed by atoms with Crippen molar-refractivity contribution in [2.45, 2.75) is 59.9 Å². The Kier molecular flexibility index (Phi) is 4.22. The zero-order valence-corrected chi connectivity index (χ0v) is 11.5. The predicted octanol–water partition coefficient (Wildman–Crippen LogP) is 3.79. The Labute approximate surface area is 96.2 Å². The van der Waals surface area contributed by atoms with E-state index in [2.05, 4.69) is 46.6 Å². The molecule has 0 bridgehead atoms.